The molecular weight excluding hydrogens is 773 g/mol. The molecule has 0 saturated carbocycles. The first-order chi connectivity index (χ1) is 26.7. The molecule has 0 spiro atoms. The van der Waals surface area contributed by atoms with Gasteiger partial charge in [0.05, 0.1) is 17.6 Å². The van der Waals surface area contributed by atoms with Crippen molar-refractivity contribution in [2.45, 2.75) is 126 Å². The molecule has 0 N–H and O–H groups in total. The lowest BCUT2D eigenvalue weighted by molar-refractivity contribution is 0.00557. The number of aromatic nitrogens is 4. The summed E-state index contributed by atoms with van der Waals surface area (Å²) in [7, 11) is -6.71. The Morgan fingerprint density at radius 3 is 1.96 bits per heavy atom. The van der Waals surface area contributed by atoms with E-state index in [4.69, 9.17) is 29.3 Å². The van der Waals surface area contributed by atoms with Crippen LogP contribution in [-0.4, -0.2) is 106 Å². The van der Waals surface area contributed by atoms with Crippen LogP contribution in [0.25, 0.3) is 28.0 Å². The Bertz CT molecular complexity index is 2090. The van der Waals surface area contributed by atoms with Crippen molar-refractivity contribution < 1.29 is 27.4 Å². The molecule has 1 unspecified atom stereocenters. The summed E-state index contributed by atoms with van der Waals surface area (Å²) in [6, 6.07) is 15.7. The van der Waals surface area contributed by atoms with Crippen molar-refractivity contribution in [1.82, 2.24) is 24.5 Å². The zero-order valence-corrected chi connectivity index (χ0v) is 38.4. The summed E-state index contributed by atoms with van der Waals surface area (Å²) < 4.78 is 48.8. The maximum atomic E-state index is 14.3. The van der Waals surface area contributed by atoms with Crippen LogP contribution < -0.4 is 4.90 Å². The maximum Gasteiger partial charge on any atom is 0.410 e. The lowest BCUT2D eigenvalue weighted by Crippen LogP contribution is -2.48. The smallest absolute Gasteiger partial charge is 0.410 e. The van der Waals surface area contributed by atoms with Crippen LogP contribution >= 0.6 is 0 Å². The predicted octanol–water partition coefficient (Wildman–Crippen LogP) is 8.94. The molecule has 6 rings (SSSR count). The van der Waals surface area contributed by atoms with Gasteiger partial charge in [-0.15, -0.1) is 0 Å². The molecule has 4 aromatic rings. The second kappa shape index (κ2) is 16.9. The summed E-state index contributed by atoms with van der Waals surface area (Å²) in [4.78, 5) is 27.4. The van der Waals surface area contributed by atoms with Crippen LogP contribution in [0.5, 0.6) is 0 Å². The third kappa shape index (κ3) is 10.7. The van der Waals surface area contributed by atoms with Crippen molar-refractivity contribution >= 4 is 43.5 Å². The summed E-state index contributed by atoms with van der Waals surface area (Å²) in [5.41, 5.74) is 3.79. The Balaban J connectivity index is 1.48. The molecule has 1 amide bonds. The quantitative estimate of drug-likeness (QED) is 0.0651. The first kappa shape index (κ1) is 43.0. The number of fused-ring (bicyclic) bond motifs is 3. The molecule has 2 bridgehead atoms. The summed E-state index contributed by atoms with van der Waals surface area (Å²) in [5.74, 6) is 0.138. The molecule has 3 atom stereocenters. The number of carbonyl (C=O) groups is 1. The van der Waals surface area contributed by atoms with Crippen molar-refractivity contribution in [2.75, 3.05) is 37.8 Å². The van der Waals surface area contributed by atoms with Crippen LogP contribution in [0.4, 0.5) is 10.6 Å². The average Bonchev–Trinajstić information content (AvgIpc) is 3.66. The van der Waals surface area contributed by atoms with Crippen molar-refractivity contribution in [2.24, 2.45) is 0 Å². The van der Waals surface area contributed by atoms with Gasteiger partial charge in [0.2, 0.25) is 0 Å². The molecule has 5 heterocycles. The topological polar surface area (TPSA) is 128 Å². The number of ether oxygens (including phenoxy) is 3. The number of hydrogen-bond donors (Lipinski definition) is 0. The Labute approximate surface area is 341 Å². The second-order valence-electron chi connectivity index (χ2n) is 19.2. The van der Waals surface area contributed by atoms with Gasteiger partial charge in [0.25, 0.3) is 0 Å². The molecule has 15 heteroatoms. The number of nitrogens with zero attached hydrogens (tertiary/aromatic N) is 6. The third-order valence-corrected chi connectivity index (χ3v) is 15.2. The number of carbonyl (C=O) groups excluding carboxylic acids is 1. The zero-order valence-electron chi connectivity index (χ0n) is 35.5. The zero-order chi connectivity index (χ0) is 41.3. The number of piperidine rings is 1. The van der Waals surface area contributed by atoms with E-state index in [2.05, 4.69) is 39.3 Å². The summed E-state index contributed by atoms with van der Waals surface area (Å²) in [6.07, 6.45) is 7.27. The largest absolute Gasteiger partial charge is 0.444 e. The first-order valence-electron chi connectivity index (χ1n) is 20.2. The molecule has 1 aromatic carbocycles. The maximum absolute atomic E-state index is 14.3. The SMILES string of the molecule is CC(C)(C)OC(=O)N1[C@@H]2CC[C@H]1CC(c1nc3c(-c4ccc(-c5ccccc5)nc4)cnn3c(N(COCC[Si](C)(C)C)COCC[Si](C)(C)C)c1S(C)(=O)=O)C2. The highest BCUT2D eigenvalue weighted by molar-refractivity contribution is 7.91. The van der Waals surface area contributed by atoms with Crippen LogP contribution in [0.15, 0.2) is 59.8 Å². The van der Waals surface area contributed by atoms with Crippen LogP contribution in [-0.2, 0) is 24.0 Å². The fourth-order valence-electron chi connectivity index (χ4n) is 7.71. The molecule has 310 valence electrons. The number of anilines is 1. The van der Waals surface area contributed by atoms with Crippen molar-refractivity contribution in [3.63, 3.8) is 0 Å². The van der Waals surface area contributed by atoms with Crippen molar-refractivity contribution in [3.05, 3.63) is 60.6 Å². The van der Waals surface area contributed by atoms with Gasteiger partial charge in [-0.2, -0.15) is 9.61 Å². The van der Waals surface area contributed by atoms with Gasteiger partial charge in [-0.1, -0.05) is 75.7 Å². The number of amides is 1. The Morgan fingerprint density at radius 2 is 1.46 bits per heavy atom. The van der Waals surface area contributed by atoms with E-state index in [0.717, 1.165) is 47.3 Å². The van der Waals surface area contributed by atoms with Gasteiger partial charge >= 0.3 is 6.09 Å². The molecule has 2 aliphatic heterocycles. The third-order valence-electron chi connectivity index (χ3n) is 10.6. The van der Waals surface area contributed by atoms with Crippen molar-refractivity contribution in [1.29, 1.82) is 0 Å². The monoisotopic (exact) mass is 834 g/mol. The molecule has 2 fully saturated rings. The van der Waals surface area contributed by atoms with Gasteiger partial charge in [0.1, 0.15) is 24.0 Å². The fraction of sp³-hybridized carbons (Fsp3) is 0.571. The average molecular weight is 835 g/mol. The molecular formula is C42H62N6O6SSi2. The predicted molar refractivity (Wildman–Crippen MR) is 232 cm³/mol. The molecule has 12 nitrogen and oxygen atoms in total. The lowest BCUT2D eigenvalue weighted by atomic mass is 9.88. The van der Waals surface area contributed by atoms with Gasteiger partial charge in [0, 0.05) is 76.5 Å². The van der Waals surface area contributed by atoms with Gasteiger partial charge in [-0.05, 0) is 64.6 Å². The van der Waals surface area contributed by atoms with Gasteiger partial charge in [-0.25, -0.2) is 18.2 Å². The van der Waals surface area contributed by atoms with Crippen LogP contribution in [0, 0.1) is 0 Å². The molecule has 0 radical (unpaired) electrons. The molecule has 2 saturated heterocycles. The minimum atomic E-state index is -3.90. The van der Waals surface area contributed by atoms with E-state index in [1.165, 1.54) is 6.26 Å². The number of sulfone groups is 1. The molecule has 3 aromatic heterocycles. The van der Waals surface area contributed by atoms with E-state index in [9.17, 15) is 13.2 Å². The second-order valence-corrected chi connectivity index (χ2v) is 32.4. The summed E-state index contributed by atoms with van der Waals surface area (Å²) >= 11 is 0. The highest BCUT2D eigenvalue weighted by Gasteiger charge is 2.47. The fourth-order valence-corrected chi connectivity index (χ4v) is 10.4. The first-order valence-corrected chi connectivity index (χ1v) is 29.5. The van der Waals surface area contributed by atoms with E-state index in [-0.39, 0.29) is 42.5 Å². The van der Waals surface area contributed by atoms with Crippen LogP contribution in [0.2, 0.25) is 51.4 Å². The van der Waals surface area contributed by atoms with E-state index in [1.807, 2.05) is 79.2 Å². The van der Waals surface area contributed by atoms with E-state index >= 15 is 0 Å². The number of hydrogen-bond acceptors (Lipinski definition) is 10. The minimum absolute atomic E-state index is 0.0949. The molecule has 0 aliphatic carbocycles. The Hall–Kier alpha value is -3.64. The normalized spacial score (nSPS) is 19.0. The van der Waals surface area contributed by atoms with Crippen molar-refractivity contribution in [3.8, 4) is 22.4 Å². The van der Waals surface area contributed by atoms with Gasteiger partial charge in [-0.3, -0.25) is 4.98 Å². The number of benzene rings is 1. The molecule has 57 heavy (non-hydrogen) atoms. The number of rotatable bonds is 15. The van der Waals surface area contributed by atoms with E-state index in [0.29, 0.717) is 43.2 Å². The summed E-state index contributed by atoms with van der Waals surface area (Å²) in [6.45, 7) is 20.8. The highest BCUT2D eigenvalue weighted by Crippen LogP contribution is 2.46. The van der Waals surface area contributed by atoms with Gasteiger partial charge in [0.15, 0.2) is 21.3 Å². The Morgan fingerprint density at radius 1 is 0.860 bits per heavy atom. The highest BCUT2D eigenvalue weighted by atomic mass is 32.2. The minimum Gasteiger partial charge on any atom is -0.444 e. The van der Waals surface area contributed by atoms with Gasteiger partial charge < -0.3 is 24.0 Å². The van der Waals surface area contributed by atoms with Crippen LogP contribution in [0.1, 0.15) is 58.1 Å². The lowest BCUT2D eigenvalue weighted by Gasteiger charge is -2.40. The van der Waals surface area contributed by atoms with Crippen LogP contribution in [0.3, 0.4) is 0 Å². The number of pyridine rings is 1. The Kier molecular flexibility index (Phi) is 12.7. The van der Waals surface area contributed by atoms with E-state index < -0.39 is 31.6 Å². The standard InChI is InChI=1S/C42H62N6O6SSi2/c1-42(2,3)54-41(49)47-33-17-18-34(47)25-32(24-33)37-38(55(4,50)51)40(46(28-52-20-22-56(5,6)7)29-53-21-23-57(8,9)10)48-39(45-37)35(27-44-48)31-16-19-36(43-26-31)30-14-12-11-13-15-30/h11-16,19,26-27,32-34H,17-18,20-25,28-29H2,1-10H3/t32?,33-,34+. The summed E-state index contributed by atoms with van der Waals surface area (Å²) in [5, 5.41) is 4.86. The molecule has 2 aliphatic rings. The van der Waals surface area contributed by atoms with E-state index in [1.54, 1.807) is 10.7 Å².